The summed E-state index contributed by atoms with van der Waals surface area (Å²) < 4.78 is 11.1. The smallest absolute Gasteiger partial charge is 0.315 e. The minimum Gasteiger partial charge on any atom is -0.468 e. The van der Waals surface area contributed by atoms with Crippen LogP contribution in [0.15, 0.2) is 8.68 Å². The number of rotatable bonds is 20. The molecule has 1 aromatic heterocycles. The molecule has 0 bridgehead atoms. The summed E-state index contributed by atoms with van der Waals surface area (Å²) in [6, 6.07) is 0. The average molecular weight is 619 g/mol. The minimum atomic E-state index is -0.271. The van der Waals surface area contributed by atoms with Crippen LogP contribution in [0.5, 0.6) is 0 Å². The summed E-state index contributed by atoms with van der Waals surface area (Å²) in [6.45, 7) is 3.16. The van der Waals surface area contributed by atoms with E-state index in [1.165, 1.54) is 49.1 Å². The van der Waals surface area contributed by atoms with E-state index < -0.39 is 0 Å². The van der Waals surface area contributed by atoms with Gasteiger partial charge in [-0.25, -0.2) is 0 Å². The fraction of sp³-hybridized carbons (Fsp3) is 0.700. The van der Waals surface area contributed by atoms with Crippen LogP contribution in [0.25, 0.3) is 0 Å². The fourth-order valence-corrected chi connectivity index (χ4v) is 10.7. The van der Waals surface area contributed by atoms with Crippen LogP contribution in [-0.4, -0.2) is 104 Å². The van der Waals surface area contributed by atoms with Crippen molar-refractivity contribution in [1.82, 2.24) is 10.2 Å². The molecule has 0 aliphatic heterocycles. The van der Waals surface area contributed by atoms with Gasteiger partial charge in [-0.15, -0.1) is 33.7 Å². The molecule has 0 fully saturated rings. The largest absolute Gasteiger partial charge is 0.468 e. The van der Waals surface area contributed by atoms with E-state index in [1.54, 1.807) is 60.9 Å². The van der Waals surface area contributed by atoms with Gasteiger partial charge in [0.1, 0.15) is 11.6 Å². The zero-order valence-electron chi connectivity index (χ0n) is 20.0. The number of hydrogen-bond donors (Lipinski definition) is 0. The molecular weight excluding hydrogens is 589 g/mol. The number of ketones is 2. The van der Waals surface area contributed by atoms with Gasteiger partial charge in [0, 0.05) is 33.5 Å². The summed E-state index contributed by atoms with van der Waals surface area (Å²) >= 11 is 10.9. The zero-order valence-corrected chi connectivity index (χ0v) is 25.7. The third-order valence-corrected chi connectivity index (χ3v) is 12.6. The van der Waals surface area contributed by atoms with E-state index in [1.807, 2.05) is 0 Å². The molecular formula is C20H30N2O6S7. The van der Waals surface area contributed by atoms with E-state index in [-0.39, 0.29) is 45.5 Å². The summed E-state index contributed by atoms with van der Waals surface area (Å²) in [6.07, 6.45) is 0. The molecule has 198 valence electrons. The van der Waals surface area contributed by atoms with Crippen molar-refractivity contribution >= 4 is 105 Å². The van der Waals surface area contributed by atoms with E-state index in [2.05, 4.69) is 10.2 Å². The number of Topliss-reactive ketones (excluding diaryl/α,β-unsaturated/α-hetero) is 2. The molecule has 15 heteroatoms. The third kappa shape index (κ3) is 17.1. The highest BCUT2D eigenvalue weighted by Gasteiger charge is 2.19. The Balaban J connectivity index is 2.71. The molecule has 8 nitrogen and oxygen atoms in total. The fourth-order valence-electron chi connectivity index (χ4n) is 2.14. The number of carbonyl (C=O) groups is 4. The van der Waals surface area contributed by atoms with Gasteiger partial charge >= 0.3 is 11.9 Å². The SMILES string of the molecule is COC(=O)CSCC(CSCC(=O)OC)Sc1nnc(SC(CSCC(C)=O)CSCC(C)=O)s1. The van der Waals surface area contributed by atoms with Gasteiger partial charge < -0.3 is 9.47 Å². The van der Waals surface area contributed by atoms with Crippen molar-refractivity contribution in [3.05, 3.63) is 0 Å². The van der Waals surface area contributed by atoms with E-state index in [0.717, 1.165) is 20.2 Å². The van der Waals surface area contributed by atoms with Crippen LogP contribution in [0, 0.1) is 0 Å². The molecule has 1 aromatic rings. The van der Waals surface area contributed by atoms with Gasteiger partial charge in [-0.05, 0) is 13.8 Å². The summed E-state index contributed by atoms with van der Waals surface area (Å²) in [5.41, 5.74) is 0. The lowest BCUT2D eigenvalue weighted by Crippen LogP contribution is -2.14. The Morgan fingerprint density at radius 2 is 1.03 bits per heavy atom. The topological polar surface area (TPSA) is 113 Å². The molecule has 0 saturated heterocycles. The maximum atomic E-state index is 11.4. The lowest BCUT2D eigenvalue weighted by atomic mass is 10.5. The molecule has 0 saturated carbocycles. The summed E-state index contributed by atoms with van der Waals surface area (Å²) in [5, 5.41) is 9.00. The van der Waals surface area contributed by atoms with Gasteiger partial charge in [-0.3, -0.25) is 19.2 Å². The second-order valence-corrected chi connectivity index (χ2v) is 15.1. The van der Waals surface area contributed by atoms with Crippen LogP contribution in [-0.2, 0) is 28.7 Å². The Hall–Kier alpha value is -0.0600. The maximum Gasteiger partial charge on any atom is 0.315 e. The van der Waals surface area contributed by atoms with Gasteiger partial charge in [-0.2, -0.15) is 23.5 Å². The molecule has 0 N–H and O–H groups in total. The summed E-state index contributed by atoms with van der Waals surface area (Å²) in [5.74, 6) is 4.19. The van der Waals surface area contributed by atoms with Gasteiger partial charge in [-0.1, -0.05) is 34.9 Å². The van der Waals surface area contributed by atoms with Crippen LogP contribution < -0.4 is 0 Å². The van der Waals surface area contributed by atoms with Gasteiger partial charge in [0.2, 0.25) is 0 Å². The third-order valence-electron chi connectivity index (χ3n) is 3.64. The molecule has 0 aliphatic carbocycles. The molecule has 0 atom stereocenters. The average Bonchev–Trinajstić information content (AvgIpc) is 3.24. The van der Waals surface area contributed by atoms with Crippen LogP contribution in [0.2, 0.25) is 0 Å². The number of aromatic nitrogens is 2. The maximum absolute atomic E-state index is 11.4. The molecule has 1 rings (SSSR count). The normalized spacial score (nSPS) is 11.1. The first-order valence-corrected chi connectivity index (χ1v) is 17.5. The molecule has 0 radical (unpaired) electrons. The Labute approximate surface area is 236 Å². The predicted octanol–water partition coefficient (Wildman–Crippen LogP) is 3.92. The Morgan fingerprint density at radius 1 is 0.686 bits per heavy atom. The Morgan fingerprint density at radius 3 is 1.34 bits per heavy atom. The van der Waals surface area contributed by atoms with Crippen LogP contribution in [0.1, 0.15) is 13.8 Å². The number of hydrogen-bond acceptors (Lipinski definition) is 15. The minimum absolute atomic E-state index is 0.123. The Kier molecular flexibility index (Phi) is 18.8. The van der Waals surface area contributed by atoms with Gasteiger partial charge in [0.15, 0.2) is 8.68 Å². The number of carbonyl (C=O) groups excluding carboxylic acids is 4. The second-order valence-electron chi connectivity index (χ2n) is 6.93. The highest BCUT2D eigenvalue weighted by atomic mass is 32.2. The zero-order chi connectivity index (χ0) is 26.1. The van der Waals surface area contributed by atoms with E-state index >= 15 is 0 Å². The highest BCUT2D eigenvalue weighted by Crippen LogP contribution is 2.36. The van der Waals surface area contributed by atoms with E-state index in [9.17, 15) is 19.2 Å². The Bertz CT molecular complexity index is 769. The number of nitrogens with zero attached hydrogens (tertiary/aromatic N) is 2. The summed E-state index contributed by atoms with van der Waals surface area (Å²) in [4.78, 5) is 45.5. The standard InChI is InChI=1S/C20H30N2O6S7/c1-13(23)5-29-7-15(8-30-6-14(2)24)33-19-21-22-20(35-19)34-16(9-31-11-17(25)27-3)10-32-12-18(26)28-4/h15-16H,5-12H2,1-4H3. The summed E-state index contributed by atoms with van der Waals surface area (Å²) in [7, 11) is 2.73. The van der Waals surface area contributed by atoms with Gasteiger partial charge in [0.25, 0.3) is 0 Å². The van der Waals surface area contributed by atoms with Crippen molar-refractivity contribution in [2.24, 2.45) is 0 Å². The molecule has 1 heterocycles. The molecule has 0 spiro atoms. The number of thioether (sulfide) groups is 6. The van der Waals surface area contributed by atoms with Gasteiger partial charge in [0.05, 0.1) is 37.2 Å². The van der Waals surface area contributed by atoms with E-state index in [4.69, 9.17) is 9.47 Å². The van der Waals surface area contributed by atoms with Crippen molar-refractivity contribution in [2.45, 2.75) is 33.0 Å². The van der Waals surface area contributed by atoms with Crippen LogP contribution in [0.3, 0.4) is 0 Å². The van der Waals surface area contributed by atoms with Crippen molar-refractivity contribution in [2.75, 3.05) is 60.2 Å². The second kappa shape index (κ2) is 20.0. The number of ether oxygens (including phenoxy) is 2. The molecule has 0 aliphatic rings. The number of esters is 2. The van der Waals surface area contributed by atoms with E-state index in [0.29, 0.717) is 23.0 Å². The quantitative estimate of drug-likeness (QED) is 0.155. The first-order chi connectivity index (χ1) is 16.7. The van der Waals surface area contributed by atoms with Crippen LogP contribution >= 0.6 is 81.9 Å². The molecule has 0 aromatic carbocycles. The van der Waals surface area contributed by atoms with Crippen molar-refractivity contribution < 1.29 is 28.7 Å². The molecule has 0 unspecified atom stereocenters. The lowest BCUT2D eigenvalue weighted by Gasteiger charge is -2.14. The first-order valence-electron chi connectivity index (χ1n) is 10.3. The van der Waals surface area contributed by atoms with Crippen LogP contribution in [0.4, 0.5) is 0 Å². The van der Waals surface area contributed by atoms with Crippen molar-refractivity contribution in [1.29, 1.82) is 0 Å². The predicted molar refractivity (Wildman–Crippen MR) is 154 cm³/mol. The van der Waals surface area contributed by atoms with Crippen molar-refractivity contribution in [3.63, 3.8) is 0 Å². The first kappa shape index (κ1) is 33.0. The monoisotopic (exact) mass is 618 g/mol. The highest BCUT2D eigenvalue weighted by molar-refractivity contribution is 8.08. The van der Waals surface area contributed by atoms with Crippen molar-refractivity contribution in [3.8, 4) is 0 Å². The lowest BCUT2D eigenvalue weighted by molar-refractivity contribution is -0.138. The molecule has 35 heavy (non-hydrogen) atoms. The number of methoxy groups -OCH3 is 2. The molecule has 0 amide bonds.